The third-order valence-electron chi connectivity index (χ3n) is 2.24. The Balaban J connectivity index is 2.46. The molecule has 0 amide bonds. The Morgan fingerprint density at radius 1 is 1.00 bits per heavy atom. The molecule has 0 fully saturated rings. The van der Waals surface area contributed by atoms with Crippen LogP contribution in [0.2, 0.25) is 0 Å². The largest absolute Gasteiger partial charge is 0.438 e. The van der Waals surface area contributed by atoms with Crippen LogP contribution in [-0.2, 0) is 12.4 Å². The highest BCUT2D eigenvalue weighted by Gasteiger charge is 2.39. The zero-order chi connectivity index (χ0) is 15.0. The molecule has 1 aromatic heterocycles. The average molecular weight is 313 g/mol. The van der Waals surface area contributed by atoms with Gasteiger partial charge >= 0.3 is 12.4 Å². The van der Waals surface area contributed by atoms with E-state index in [1.54, 1.807) is 0 Å². The Bertz CT molecular complexity index is 590. The number of benzene rings is 1. The fraction of sp³-hybridized carbons (Fsp3) is 0.182. The van der Waals surface area contributed by atoms with Gasteiger partial charge < -0.3 is 4.74 Å². The maximum absolute atomic E-state index is 12.8. The number of thiazole rings is 1. The molecule has 20 heavy (non-hydrogen) atoms. The van der Waals surface area contributed by atoms with Gasteiger partial charge in [-0.15, -0.1) is 11.3 Å². The van der Waals surface area contributed by atoms with Crippen LogP contribution < -0.4 is 4.74 Å². The second kappa shape index (κ2) is 4.97. The normalized spacial score (nSPS) is 12.5. The number of rotatable bonds is 2. The number of halogens is 6. The molecule has 0 atom stereocenters. The zero-order valence-electron chi connectivity index (χ0n) is 9.42. The summed E-state index contributed by atoms with van der Waals surface area (Å²) in [6.45, 7) is 0. The molecule has 0 aliphatic heterocycles. The average Bonchev–Trinajstić information content (AvgIpc) is 2.79. The van der Waals surface area contributed by atoms with Gasteiger partial charge in [-0.05, 0) is 18.2 Å². The van der Waals surface area contributed by atoms with E-state index in [0.29, 0.717) is 12.1 Å². The monoisotopic (exact) mass is 313 g/mol. The highest BCUT2D eigenvalue weighted by Crippen LogP contribution is 2.41. The molecule has 2 aromatic rings. The number of hydrogen-bond acceptors (Lipinski definition) is 3. The Kier molecular flexibility index (Phi) is 3.63. The van der Waals surface area contributed by atoms with Gasteiger partial charge in [0.2, 0.25) is 5.88 Å². The first kappa shape index (κ1) is 14.6. The molecule has 2 rings (SSSR count). The van der Waals surface area contributed by atoms with E-state index in [-0.39, 0.29) is 11.9 Å². The van der Waals surface area contributed by atoms with Gasteiger partial charge in [-0.2, -0.15) is 26.3 Å². The lowest BCUT2D eigenvalue weighted by Crippen LogP contribution is -2.11. The Labute approximate surface area is 112 Å². The molecule has 1 heterocycles. The second-order valence-corrected chi connectivity index (χ2v) is 4.35. The number of ether oxygens (including phenoxy) is 1. The molecule has 0 saturated carbocycles. The third-order valence-corrected chi connectivity index (χ3v) is 2.80. The molecule has 0 spiro atoms. The standard InChI is InChI=1S/C11H5F6NOS/c12-10(13,14)6-1-2-8(7(3-6)11(15,16)17)19-9-4-20-5-18-9/h1-5H. The molecule has 0 bridgehead atoms. The van der Waals surface area contributed by atoms with Crippen LogP contribution >= 0.6 is 11.3 Å². The lowest BCUT2D eigenvalue weighted by atomic mass is 10.1. The van der Waals surface area contributed by atoms with Crippen molar-refractivity contribution < 1.29 is 31.1 Å². The first-order valence-electron chi connectivity index (χ1n) is 5.02. The number of hydrogen-bond donors (Lipinski definition) is 0. The molecule has 1 aromatic carbocycles. The van der Waals surface area contributed by atoms with Crippen molar-refractivity contribution in [3.63, 3.8) is 0 Å². The highest BCUT2D eigenvalue weighted by molar-refractivity contribution is 7.07. The van der Waals surface area contributed by atoms with Gasteiger partial charge in [-0.3, -0.25) is 0 Å². The fourth-order valence-electron chi connectivity index (χ4n) is 1.38. The van der Waals surface area contributed by atoms with Crippen molar-refractivity contribution in [3.05, 3.63) is 40.2 Å². The van der Waals surface area contributed by atoms with E-state index < -0.39 is 29.2 Å². The smallest absolute Gasteiger partial charge is 0.420 e. The molecule has 0 N–H and O–H groups in total. The summed E-state index contributed by atoms with van der Waals surface area (Å²) in [5, 5.41) is 1.33. The van der Waals surface area contributed by atoms with Crippen molar-refractivity contribution in [2.24, 2.45) is 0 Å². The Hall–Kier alpha value is -1.77. The van der Waals surface area contributed by atoms with E-state index in [1.165, 1.54) is 10.9 Å². The van der Waals surface area contributed by atoms with Crippen LogP contribution in [0.3, 0.4) is 0 Å². The van der Waals surface area contributed by atoms with Crippen molar-refractivity contribution in [1.29, 1.82) is 0 Å². The SMILES string of the molecule is FC(F)(F)c1ccc(Oc2cscn2)c(C(F)(F)F)c1. The summed E-state index contributed by atoms with van der Waals surface area (Å²) >= 11 is 1.08. The van der Waals surface area contributed by atoms with Crippen LogP contribution in [0.15, 0.2) is 29.1 Å². The maximum Gasteiger partial charge on any atom is 0.420 e. The number of nitrogens with zero attached hydrogens (tertiary/aromatic N) is 1. The van der Waals surface area contributed by atoms with E-state index in [1.807, 2.05) is 0 Å². The minimum atomic E-state index is -4.97. The zero-order valence-corrected chi connectivity index (χ0v) is 10.2. The van der Waals surface area contributed by atoms with Gasteiger partial charge in [0.25, 0.3) is 0 Å². The van der Waals surface area contributed by atoms with Crippen molar-refractivity contribution in [3.8, 4) is 11.6 Å². The van der Waals surface area contributed by atoms with Gasteiger partial charge in [-0.1, -0.05) is 0 Å². The molecule has 0 aliphatic rings. The van der Waals surface area contributed by atoms with E-state index in [0.717, 1.165) is 11.3 Å². The van der Waals surface area contributed by atoms with Gasteiger partial charge in [0, 0.05) is 0 Å². The summed E-state index contributed by atoms with van der Waals surface area (Å²) < 4.78 is 80.5. The van der Waals surface area contributed by atoms with Gasteiger partial charge in [0.1, 0.15) is 5.75 Å². The second-order valence-electron chi connectivity index (χ2n) is 3.64. The van der Waals surface area contributed by atoms with Crippen molar-refractivity contribution in [2.75, 3.05) is 0 Å². The van der Waals surface area contributed by atoms with Gasteiger partial charge in [-0.25, -0.2) is 4.98 Å². The van der Waals surface area contributed by atoms with E-state index in [2.05, 4.69) is 4.98 Å². The molecular weight excluding hydrogens is 308 g/mol. The molecule has 0 aliphatic carbocycles. The summed E-state index contributed by atoms with van der Waals surface area (Å²) in [7, 11) is 0. The number of alkyl halides is 6. The van der Waals surface area contributed by atoms with Gasteiger partial charge in [0.15, 0.2) is 0 Å². The van der Waals surface area contributed by atoms with Crippen molar-refractivity contribution in [1.82, 2.24) is 4.98 Å². The van der Waals surface area contributed by atoms with Crippen LogP contribution in [0.5, 0.6) is 11.6 Å². The summed E-state index contributed by atoms with van der Waals surface area (Å²) in [5.74, 6) is -0.836. The van der Waals surface area contributed by atoms with Crippen LogP contribution in [-0.4, -0.2) is 4.98 Å². The minimum Gasteiger partial charge on any atom is -0.438 e. The molecule has 9 heteroatoms. The quantitative estimate of drug-likeness (QED) is 0.730. The van der Waals surface area contributed by atoms with Crippen LogP contribution in [0, 0.1) is 0 Å². The molecular formula is C11H5F6NOS. The lowest BCUT2D eigenvalue weighted by Gasteiger charge is -2.15. The van der Waals surface area contributed by atoms with Crippen LogP contribution in [0.25, 0.3) is 0 Å². The predicted molar refractivity (Wildman–Crippen MR) is 58.6 cm³/mol. The first-order valence-corrected chi connectivity index (χ1v) is 5.96. The van der Waals surface area contributed by atoms with Crippen LogP contribution in [0.4, 0.5) is 26.3 Å². The Morgan fingerprint density at radius 2 is 1.70 bits per heavy atom. The van der Waals surface area contributed by atoms with Crippen molar-refractivity contribution >= 4 is 11.3 Å². The van der Waals surface area contributed by atoms with Crippen molar-refractivity contribution in [2.45, 2.75) is 12.4 Å². The first-order chi connectivity index (χ1) is 9.18. The predicted octanol–water partition coefficient (Wildman–Crippen LogP) is 4.97. The lowest BCUT2D eigenvalue weighted by molar-refractivity contribution is -0.143. The Morgan fingerprint density at radius 3 is 2.20 bits per heavy atom. The highest BCUT2D eigenvalue weighted by atomic mass is 32.1. The molecule has 0 saturated heterocycles. The third kappa shape index (κ3) is 3.21. The minimum absolute atomic E-state index is 0.0156. The van der Waals surface area contributed by atoms with Gasteiger partial charge in [0.05, 0.1) is 22.0 Å². The van der Waals surface area contributed by atoms with E-state index >= 15 is 0 Å². The summed E-state index contributed by atoms with van der Waals surface area (Å²) in [6.07, 6.45) is -9.83. The number of aromatic nitrogens is 1. The van der Waals surface area contributed by atoms with E-state index in [4.69, 9.17) is 4.74 Å². The molecule has 0 unspecified atom stereocenters. The summed E-state index contributed by atoms with van der Waals surface area (Å²) in [5.41, 5.74) is -1.57. The molecule has 0 radical (unpaired) electrons. The molecule has 2 nitrogen and oxygen atoms in total. The summed E-state index contributed by atoms with van der Waals surface area (Å²) in [6, 6.07) is 1.17. The topological polar surface area (TPSA) is 22.1 Å². The fourth-order valence-corrected chi connectivity index (χ4v) is 1.83. The van der Waals surface area contributed by atoms with Crippen LogP contribution in [0.1, 0.15) is 11.1 Å². The van der Waals surface area contributed by atoms with E-state index in [9.17, 15) is 26.3 Å². The summed E-state index contributed by atoms with van der Waals surface area (Å²) in [4.78, 5) is 3.61. The maximum atomic E-state index is 12.8. The molecule has 108 valence electrons.